The van der Waals surface area contributed by atoms with Crippen LogP contribution in [0.4, 0.5) is 15.8 Å². The molecular formula is C13H9Cl2FN2O2. The highest BCUT2D eigenvalue weighted by molar-refractivity contribution is 6.42. The first kappa shape index (κ1) is 14.6. The summed E-state index contributed by atoms with van der Waals surface area (Å²) in [7, 11) is 0. The quantitative estimate of drug-likeness (QED) is 0.660. The van der Waals surface area contributed by atoms with Crippen molar-refractivity contribution in [3.8, 4) is 0 Å². The van der Waals surface area contributed by atoms with E-state index in [9.17, 15) is 14.5 Å². The van der Waals surface area contributed by atoms with Crippen LogP contribution >= 0.6 is 23.2 Å². The molecule has 0 unspecified atom stereocenters. The van der Waals surface area contributed by atoms with Gasteiger partial charge in [0.2, 0.25) is 0 Å². The Morgan fingerprint density at radius 1 is 1.25 bits per heavy atom. The minimum atomic E-state index is -0.682. The Bertz CT molecular complexity index is 665. The number of rotatable bonds is 4. The van der Waals surface area contributed by atoms with E-state index in [1.165, 1.54) is 12.1 Å². The fourth-order valence-electron chi connectivity index (χ4n) is 1.66. The van der Waals surface area contributed by atoms with Crippen molar-refractivity contribution in [2.24, 2.45) is 0 Å². The molecule has 0 bridgehead atoms. The zero-order chi connectivity index (χ0) is 14.7. The minimum absolute atomic E-state index is 0.278. The molecule has 20 heavy (non-hydrogen) atoms. The molecule has 4 nitrogen and oxygen atoms in total. The lowest BCUT2D eigenvalue weighted by atomic mass is 10.2. The Balaban J connectivity index is 2.19. The maximum absolute atomic E-state index is 13.3. The van der Waals surface area contributed by atoms with E-state index < -0.39 is 10.7 Å². The van der Waals surface area contributed by atoms with E-state index in [2.05, 4.69) is 5.32 Å². The van der Waals surface area contributed by atoms with Crippen molar-refractivity contribution in [3.05, 3.63) is 67.9 Å². The normalized spacial score (nSPS) is 10.3. The Labute approximate surface area is 124 Å². The molecule has 0 aliphatic rings. The van der Waals surface area contributed by atoms with Gasteiger partial charge in [-0.25, -0.2) is 4.39 Å². The average Bonchev–Trinajstić information content (AvgIpc) is 2.40. The van der Waals surface area contributed by atoms with Crippen LogP contribution in [0.15, 0.2) is 36.4 Å². The Morgan fingerprint density at radius 3 is 2.70 bits per heavy atom. The van der Waals surface area contributed by atoms with Crippen LogP contribution in [0.25, 0.3) is 0 Å². The summed E-state index contributed by atoms with van der Waals surface area (Å²) >= 11 is 11.9. The van der Waals surface area contributed by atoms with Crippen LogP contribution in [0.1, 0.15) is 5.56 Å². The second-order valence-electron chi connectivity index (χ2n) is 4.02. The number of hydrogen-bond donors (Lipinski definition) is 1. The molecule has 0 radical (unpaired) electrons. The smallest absolute Gasteiger partial charge is 0.274 e. The van der Waals surface area contributed by atoms with E-state index in [0.29, 0.717) is 21.3 Å². The largest absolute Gasteiger partial charge is 0.381 e. The number of nitro groups is 1. The van der Waals surface area contributed by atoms with Gasteiger partial charge in [-0.3, -0.25) is 10.1 Å². The van der Waals surface area contributed by atoms with Crippen LogP contribution in [-0.4, -0.2) is 4.92 Å². The summed E-state index contributed by atoms with van der Waals surface area (Å²) in [5.41, 5.74) is 0.698. The van der Waals surface area contributed by atoms with Crippen molar-refractivity contribution in [1.29, 1.82) is 0 Å². The zero-order valence-corrected chi connectivity index (χ0v) is 11.6. The van der Waals surface area contributed by atoms with Crippen molar-refractivity contribution in [2.45, 2.75) is 6.54 Å². The number of benzene rings is 2. The summed E-state index contributed by atoms with van der Waals surface area (Å²) in [4.78, 5) is 10.00. The topological polar surface area (TPSA) is 55.2 Å². The molecule has 0 aromatic heterocycles. The first-order valence-electron chi connectivity index (χ1n) is 5.59. The van der Waals surface area contributed by atoms with Gasteiger partial charge in [-0.05, 0) is 17.7 Å². The van der Waals surface area contributed by atoms with Crippen molar-refractivity contribution in [3.63, 3.8) is 0 Å². The molecule has 2 aromatic carbocycles. The molecule has 7 heteroatoms. The molecule has 0 fully saturated rings. The number of nitro benzene ring substituents is 1. The second kappa shape index (κ2) is 6.07. The van der Waals surface area contributed by atoms with Crippen LogP contribution in [0.5, 0.6) is 0 Å². The van der Waals surface area contributed by atoms with E-state index in [-0.39, 0.29) is 12.2 Å². The Hall–Kier alpha value is -1.85. The lowest BCUT2D eigenvalue weighted by Gasteiger charge is -2.09. The van der Waals surface area contributed by atoms with Gasteiger partial charge in [0, 0.05) is 18.3 Å². The first-order chi connectivity index (χ1) is 9.47. The number of non-ortho nitro benzene ring substituents is 1. The first-order valence-corrected chi connectivity index (χ1v) is 6.34. The summed E-state index contributed by atoms with van der Waals surface area (Å²) in [5, 5.41) is 14.3. The minimum Gasteiger partial charge on any atom is -0.381 e. The van der Waals surface area contributed by atoms with E-state index in [4.69, 9.17) is 23.2 Å². The molecule has 104 valence electrons. The van der Waals surface area contributed by atoms with E-state index in [1.807, 2.05) is 0 Å². The number of nitrogens with one attached hydrogen (secondary N) is 1. The summed E-state index contributed by atoms with van der Waals surface area (Å²) < 4.78 is 13.3. The third kappa shape index (κ3) is 3.37. The fourth-order valence-corrected chi connectivity index (χ4v) is 2.05. The predicted molar refractivity (Wildman–Crippen MR) is 76.8 cm³/mol. The Kier molecular flexibility index (Phi) is 4.42. The highest BCUT2D eigenvalue weighted by atomic mass is 35.5. The molecule has 1 N–H and O–H groups in total. The SMILES string of the molecule is O=[N+]([O-])c1cc(F)cc(NCc2cccc(Cl)c2Cl)c1. The highest BCUT2D eigenvalue weighted by Crippen LogP contribution is 2.27. The van der Waals surface area contributed by atoms with Crippen LogP contribution in [0.3, 0.4) is 0 Å². The van der Waals surface area contributed by atoms with E-state index in [1.54, 1.807) is 18.2 Å². The van der Waals surface area contributed by atoms with Crippen molar-refractivity contribution in [1.82, 2.24) is 0 Å². The van der Waals surface area contributed by atoms with Crippen LogP contribution < -0.4 is 5.32 Å². The lowest BCUT2D eigenvalue weighted by Crippen LogP contribution is -2.01. The van der Waals surface area contributed by atoms with Gasteiger partial charge in [0.05, 0.1) is 21.0 Å². The van der Waals surface area contributed by atoms with Crippen molar-refractivity contribution < 1.29 is 9.31 Å². The molecule has 0 aliphatic carbocycles. The number of halogens is 3. The molecule has 0 saturated carbocycles. The number of nitrogens with zero attached hydrogens (tertiary/aromatic N) is 1. The third-order valence-electron chi connectivity index (χ3n) is 2.61. The molecule has 0 saturated heterocycles. The Morgan fingerprint density at radius 2 is 2.00 bits per heavy atom. The van der Waals surface area contributed by atoms with Crippen molar-refractivity contribution >= 4 is 34.6 Å². The summed E-state index contributed by atoms with van der Waals surface area (Å²) in [6.45, 7) is 0.278. The molecule has 0 heterocycles. The van der Waals surface area contributed by atoms with Crippen LogP contribution in [0, 0.1) is 15.9 Å². The highest BCUT2D eigenvalue weighted by Gasteiger charge is 2.10. The van der Waals surface area contributed by atoms with Crippen LogP contribution in [-0.2, 0) is 6.54 Å². The molecule has 0 atom stereocenters. The summed E-state index contributed by atoms with van der Waals surface area (Å²) in [5.74, 6) is -0.682. The van der Waals surface area contributed by atoms with E-state index in [0.717, 1.165) is 6.07 Å². The van der Waals surface area contributed by atoms with Gasteiger partial charge >= 0.3 is 0 Å². The molecule has 0 spiro atoms. The monoisotopic (exact) mass is 314 g/mol. The standard InChI is InChI=1S/C13H9Cl2FN2O2/c14-12-3-1-2-8(13(12)15)7-17-10-4-9(16)5-11(6-10)18(19)20/h1-6,17H,7H2. The van der Waals surface area contributed by atoms with Gasteiger partial charge in [-0.15, -0.1) is 0 Å². The second-order valence-corrected chi connectivity index (χ2v) is 4.81. The number of hydrogen-bond acceptors (Lipinski definition) is 3. The molecular weight excluding hydrogens is 306 g/mol. The summed E-state index contributed by atoms with van der Waals surface area (Å²) in [6, 6.07) is 8.43. The van der Waals surface area contributed by atoms with Gasteiger partial charge in [-0.2, -0.15) is 0 Å². The molecule has 0 amide bonds. The third-order valence-corrected chi connectivity index (χ3v) is 3.47. The van der Waals surface area contributed by atoms with Gasteiger partial charge in [0.15, 0.2) is 0 Å². The zero-order valence-electron chi connectivity index (χ0n) is 10.1. The van der Waals surface area contributed by atoms with Gasteiger partial charge in [0.1, 0.15) is 5.82 Å². The fraction of sp³-hybridized carbons (Fsp3) is 0.0769. The van der Waals surface area contributed by atoms with Gasteiger partial charge < -0.3 is 5.32 Å². The molecule has 2 aromatic rings. The van der Waals surface area contributed by atoms with Gasteiger partial charge in [0.25, 0.3) is 5.69 Å². The number of anilines is 1. The summed E-state index contributed by atoms with van der Waals surface area (Å²) in [6.07, 6.45) is 0. The molecule has 2 rings (SSSR count). The predicted octanol–water partition coefficient (Wildman–Crippen LogP) is 4.65. The lowest BCUT2D eigenvalue weighted by molar-refractivity contribution is -0.385. The van der Waals surface area contributed by atoms with Gasteiger partial charge in [-0.1, -0.05) is 35.3 Å². The molecule has 0 aliphatic heterocycles. The maximum atomic E-state index is 13.3. The van der Waals surface area contributed by atoms with Crippen molar-refractivity contribution in [2.75, 3.05) is 5.32 Å². The maximum Gasteiger partial charge on any atom is 0.274 e. The van der Waals surface area contributed by atoms with E-state index >= 15 is 0 Å². The average molecular weight is 315 g/mol. The van der Waals surface area contributed by atoms with Crippen LogP contribution in [0.2, 0.25) is 10.0 Å².